The van der Waals surface area contributed by atoms with Gasteiger partial charge < -0.3 is 52.2 Å². The molecule has 17 heteroatoms. The second-order valence-electron chi connectivity index (χ2n) is 9.36. The Hall–Kier alpha value is -3.83. The van der Waals surface area contributed by atoms with Gasteiger partial charge >= 0.3 is 12.1 Å². The van der Waals surface area contributed by atoms with Gasteiger partial charge in [0.1, 0.15) is 36.4 Å². The number of carbonyl (C=O) groups is 7. The monoisotopic (exact) mass is 577 g/mol. The summed E-state index contributed by atoms with van der Waals surface area (Å²) in [5, 5.41) is 47.1. The lowest BCUT2D eigenvalue weighted by atomic mass is 9.97. The number of Topliss-reactive ketones (excluding diaryl/α,β-unsaturated/α-hetero) is 1. The van der Waals surface area contributed by atoms with E-state index in [1.54, 1.807) is 0 Å². The highest BCUT2D eigenvalue weighted by Crippen LogP contribution is 2.13. The van der Waals surface area contributed by atoms with E-state index in [9.17, 15) is 48.9 Å². The number of hydrogen-bond acceptors (Lipinski definition) is 11. The largest absolute Gasteiger partial charge is 0.480 e. The normalized spacial score (nSPS) is 16.2. The van der Waals surface area contributed by atoms with Gasteiger partial charge in [-0.05, 0) is 27.2 Å². The van der Waals surface area contributed by atoms with Crippen LogP contribution in [-0.4, -0.2) is 111 Å². The highest BCUT2D eigenvalue weighted by atomic mass is 16.6. The van der Waals surface area contributed by atoms with E-state index in [0.717, 1.165) is 6.92 Å². The molecule has 0 spiro atoms. The first-order valence-corrected chi connectivity index (χ1v) is 12.3. The SMILES string of the molecule is CC(=O)[C@H](NC(=O)C(C)C)[C@@H](OC(=O)NC(C)C(=O)NC(CCC(=O)NC(C)C(=O)O)C(N)=O)[C@H](O)[C@H](O)CO. The smallest absolute Gasteiger partial charge is 0.408 e. The van der Waals surface area contributed by atoms with Crippen molar-refractivity contribution in [3.05, 3.63) is 0 Å². The summed E-state index contributed by atoms with van der Waals surface area (Å²) in [6.07, 6.45) is -7.82. The molecule has 0 radical (unpaired) electrons. The Bertz CT molecular complexity index is 943. The predicted molar refractivity (Wildman–Crippen MR) is 135 cm³/mol. The zero-order valence-electron chi connectivity index (χ0n) is 22.9. The molecule has 0 saturated heterocycles. The van der Waals surface area contributed by atoms with Gasteiger partial charge in [-0.3, -0.25) is 28.8 Å². The molecule has 0 bridgehead atoms. The number of alkyl carbamates (subject to hydrolysis) is 1. The molecular formula is C23H39N5O12. The Kier molecular flexibility index (Phi) is 15.4. The maximum atomic E-state index is 12.5. The number of ether oxygens (including phenoxy) is 1. The summed E-state index contributed by atoms with van der Waals surface area (Å²) in [6.45, 7) is 5.47. The molecule has 228 valence electrons. The maximum absolute atomic E-state index is 12.5. The summed E-state index contributed by atoms with van der Waals surface area (Å²) in [6, 6.07) is -5.60. The minimum Gasteiger partial charge on any atom is -0.480 e. The average molecular weight is 578 g/mol. The molecule has 0 aromatic rings. The second kappa shape index (κ2) is 17.0. The molecule has 3 unspecified atom stereocenters. The molecule has 10 N–H and O–H groups in total. The van der Waals surface area contributed by atoms with Crippen LogP contribution >= 0.6 is 0 Å². The summed E-state index contributed by atoms with van der Waals surface area (Å²) < 4.78 is 5.07. The van der Waals surface area contributed by atoms with Gasteiger partial charge in [0, 0.05) is 12.3 Å². The predicted octanol–water partition coefficient (Wildman–Crippen LogP) is -3.75. The van der Waals surface area contributed by atoms with Crippen molar-refractivity contribution in [3.8, 4) is 0 Å². The van der Waals surface area contributed by atoms with Gasteiger partial charge in [0.25, 0.3) is 0 Å². The first-order chi connectivity index (χ1) is 18.4. The Morgan fingerprint density at radius 1 is 0.850 bits per heavy atom. The van der Waals surface area contributed by atoms with E-state index in [4.69, 9.17) is 15.6 Å². The number of carboxylic acids is 1. The van der Waals surface area contributed by atoms with E-state index in [2.05, 4.69) is 21.3 Å². The molecule has 0 heterocycles. The third kappa shape index (κ3) is 12.4. The van der Waals surface area contributed by atoms with Crippen LogP contribution in [0.1, 0.15) is 47.5 Å². The van der Waals surface area contributed by atoms with Crippen LogP contribution in [0.15, 0.2) is 0 Å². The number of aliphatic carboxylic acids is 1. The molecular weight excluding hydrogens is 538 g/mol. The van der Waals surface area contributed by atoms with Gasteiger partial charge in [-0.15, -0.1) is 0 Å². The highest BCUT2D eigenvalue weighted by Gasteiger charge is 2.40. The molecule has 0 aliphatic rings. The van der Waals surface area contributed by atoms with Gasteiger partial charge in [0.15, 0.2) is 11.9 Å². The van der Waals surface area contributed by atoms with Crippen molar-refractivity contribution in [2.75, 3.05) is 6.61 Å². The Labute approximate surface area is 230 Å². The molecule has 0 aliphatic heterocycles. The van der Waals surface area contributed by atoms with E-state index in [0.29, 0.717) is 0 Å². The minimum absolute atomic E-state index is 0.292. The summed E-state index contributed by atoms with van der Waals surface area (Å²) in [7, 11) is 0. The van der Waals surface area contributed by atoms with E-state index >= 15 is 0 Å². The van der Waals surface area contributed by atoms with Crippen LogP contribution in [0.25, 0.3) is 0 Å². The molecule has 0 aliphatic carbocycles. The van der Waals surface area contributed by atoms with Gasteiger partial charge in [0.05, 0.1) is 6.61 Å². The van der Waals surface area contributed by atoms with Gasteiger partial charge in [-0.1, -0.05) is 13.8 Å². The number of carboxylic acid groups (broad SMARTS) is 1. The third-order valence-corrected chi connectivity index (χ3v) is 5.55. The molecule has 0 saturated carbocycles. The fourth-order valence-electron chi connectivity index (χ4n) is 3.03. The first-order valence-electron chi connectivity index (χ1n) is 12.3. The van der Waals surface area contributed by atoms with Crippen LogP contribution in [0.3, 0.4) is 0 Å². The van der Waals surface area contributed by atoms with Crippen LogP contribution in [0.4, 0.5) is 4.79 Å². The van der Waals surface area contributed by atoms with Crippen molar-refractivity contribution in [3.63, 3.8) is 0 Å². The molecule has 5 amide bonds. The van der Waals surface area contributed by atoms with Gasteiger partial charge in [-0.25, -0.2) is 4.79 Å². The number of ketones is 1. The Balaban J connectivity index is 5.45. The van der Waals surface area contributed by atoms with E-state index in [-0.39, 0.29) is 12.8 Å². The van der Waals surface area contributed by atoms with E-state index in [1.807, 2.05) is 0 Å². The molecule has 7 atom stereocenters. The van der Waals surface area contributed by atoms with Gasteiger partial charge in [-0.2, -0.15) is 0 Å². The van der Waals surface area contributed by atoms with Gasteiger partial charge in [0.2, 0.25) is 23.6 Å². The van der Waals surface area contributed by atoms with Crippen molar-refractivity contribution >= 4 is 41.5 Å². The topological polar surface area (TPSA) is 284 Å². The number of aliphatic hydroxyl groups excluding tert-OH is 3. The number of primary amides is 1. The number of rotatable bonds is 17. The zero-order chi connectivity index (χ0) is 31.3. The fourth-order valence-corrected chi connectivity index (χ4v) is 3.03. The number of aliphatic hydroxyl groups is 3. The molecule has 0 rings (SSSR count). The number of amides is 5. The number of hydrogen-bond donors (Lipinski definition) is 9. The average Bonchev–Trinajstić information content (AvgIpc) is 2.86. The van der Waals surface area contributed by atoms with E-state index < -0.39 is 96.5 Å². The van der Waals surface area contributed by atoms with Crippen molar-refractivity contribution in [1.29, 1.82) is 0 Å². The fraction of sp³-hybridized carbons (Fsp3) is 0.696. The summed E-state index contributed by atoms with van der Waals surface area (Å²) >= 11 is 0. The lowest BCUT2D eigenvalue weighted by molar-refractivity contribution is -0.141. The molecule has 40 heavy (non-hydrogen) atoms. The van der Waals surface area contributed by atoms with Crippen LogP contribution in [0, 0.1) is 5.92 Å². The van der Waals surface area contributed by atoms with Crippen molar-refractivity contribution < 1.29 is 58.7 Å². The quantitative estimate of drug-likeness (QED) is 0.0806. The molecule has 17 nitrogen and oxygen atoms in total. The molecule has 0 aromatic heterocycles. The number of nitrogens with two attached hydrogens (primary N) is 1. The number of carbonyl (C=O) groups excluding carboxylic acids is 6. The zero-order valence-corrected chi connectivity index (χ0v) is 22.9. The summed E-state index contributed by atoms with van der Waals surface area (Å²) in [5.74, 6) is -5.98. The highest BCUT2D eigenvalue weighted by molar-refractivity contribution is 5.91. The van der Waals surface area contributed by atoms with Crippen molar-refractivity contribution in [2.24, 2.45) is 11.7 Å². The summed E-state index contributed by atoms with van der Waals surface area (Å²) in [4.78, 5) is 83.9. The maximum Gasteiger partial charge on any atom is 0.408 e. The van der Waals surface area contributed by atoms with Crippen molar-refractivity contribution in [2.45, 2.75) is 89.9 Å². The van der Waals surface area contributed by atoms with Crippen molar-refractivity contribution in [1.82, 2.24) is 21.3 Å². The third-order valence-electron chi connectivity index (χ3n) is 5.55. The minimum atomic E-state index is -2.03. The standard InChI is InChI=1S/C23H39N5O12/c1-9(2)20(35)28-16(12(5)30)18(17(33)14(31)8-29)40-23(39)26-10(3)21(36)27-13(19(24)34)6-7-15(32)25-11(4)22(37)38/h9-11,13-14,16-18,29,31,33H,6-8H2,1-5H3,(H2,24,34)(H,25,32)(H,26,39)(H,27,36)(H,28,35)(H,37,38)/t10?,11?,13?,14-,16+,17-,18-/m1/s1. The lowest BCUT2D eigenvalue weighted by Gasteiger charge is -2.32. The second-order valence-corrected chi connectivity index (χ2v) is 9.36. The van der Waals surface area contributed by atoms with Crippen LogP contribution in [-0.2, 0) is 33.5 Å². The Morgan fingerprint density at radius 3 is 1.88 bits per heavy atom. The Morgan fingerprint density at radius 2 is 1.43 bits per heavy atom. The van der Waals surface area contributed by atoms with Crippen LogP contribution in [0.5, 0.6) is 0 Å². The first kappa shape index (κ1) is 36.2. The lowest BCUT2D eigenvalue weighted by Crippen LogP contribution is -2.59. The number of nitrogens with one attached hydrogen (secondary N) is 4. The molecule has 0 fully saturated rings. The molecule has 0 aromatic carbocycles. The van der Waals surface area contributed by atoms with Crippen LogP contribution in [0.2, 0.25) is 0 Å². The van der Waals surface area contributed by atoms with Crippen LogP contribution < -0.4 is 27.0 Å². The summed E-state index contributed by atoms with van der Waals surface area (Å²) in [5.41, 5.74) is 5.26. The van der Waals surface area contributed by atoms with E-state index in [1.165, 1.54) is 27.7 Å².